The Bertz CT molecular complexity index is 758. The lowest BCUT2D eigenvalue weighted by Gasteiger charge is -2.31. The molecule has 1 aromatic rings. The summed E-state index contributed by atoms with van der Waals surface area (Å²) < 4.78 is 31.3. The van der Waals surface area contributed by atoms with Crippen LogP contribution in [0.15, 0.2) is 21.6 Å². The van der Waals surface area contributed by atoms with Crippen LogP contribution in [0.25, 0.3) is 0 Å². The first kappa shape index (κ1) is 18.9. The van der Waals surface area contributed by atoms with Crippen LogP contribution < -0.4 is 5.32 Å². The highest BCUT2D eigenvalue weighted by Gasteiger charge is 2.34. The minimum absolute atomic E-state index is 0.0140. The van der Waals surface area contributed by atoms with Gasteiger partial charge in [0.1, 0.15) is 0 Å². The maximum absolute atomic E-state index is 12.6. The zero-order valence-electron chi connectivity index (χ0n) is 14.5. The minimum Gasteiger partial charge on any atom is -0.475 e. The van der Waals surface area contributed by atoms with Crippen molar-refractivity contribution in [3.8, 4) is 0 Å². The van der Waals surface area contributed by atoms with Crippen molar-refractivity contribution in [1.29, 1.82) is 0 Å². The van der Waals surface area contributed by atoms with Gasteiger partial charge in [0.15, 0.2) is 0 Å². The van der Waals surface area contributed by atoms with E-state index in [0.717, 1.165) is 37.8 Å². The molecule has 0 atom stereocenters. The van der Waals surface area contributed by atoms with Crippen molar-refractivity contribution in [2.24, 2.45) is 5.92 Å². The van der Waals surface area contributed by atoms with Crippen molar-refractivity contribution < 1.29 is 27.5 Å². The second-order valence-electron chi connectivity index (χ2n) is 6.95. The maximum atomic E-state index is 12.6. The Hall–Kier alpha value is -1.87. The highest BCUT2D eigenvalue weighted by Crippen LogP contribution is 2.26. The Balaban J connectivity index is 1.56. The number of hydrogen-bond donors (Lipinski definition) is 2. The van der Waals surface area contributed by atoms with Gasteiger partial charge < -0.3 is 14.8 Å². The van der Waals surface area contributed by atoms with Crippen LogP contribution in [-0.2, 0) is 14.8 Å². The lowest BCUT2D eigenvalue weighted by molar-refractivity contribution is -0.127. The molecular weight excluding hydrogens is 360 g/mol. The predicted octanol–water partition coefficient (Wildman–Crippen LogP) is 1.83. The molecule has 2 N–H and O–H groups in total. The van der Waals surface area contributed by atoms with Crippen molar-refractivity contribution in [3.63, 3.8) is 0 Å². The molecule has 2 heterocycles. The average molecular weight is 384 g/mol. The lowest BCUT2D eigenvalue weighted by atomic mass is 9.93. The van der Waals surface area contributed by atoms with Crippen molar-refractivity contribution in [3.05, 3.63) is 17.9 Å². The highest BCUT2D eigenvalue weighted by atomic mass is 32.2. The second kappa shape index (κ2) is 7.79. The fourth-order valence-corrected chi connectivity index (χ4v) is 5.01. The topological polar surface area (TPSA) is 117 Å². The third-order valence-electron chi connectivity index (χ3n) is 5.16. The number of furan rings is 1. The summed E-state index contributed by atoms with van der Waals surface area (Å²) in [7, 11) is -3.88. The first-order chi connectivity index (χ1) is 12.4. The Morgan fingerprint density at radius 2 is 1.73 bits per heavy atom. The fourth-order valence-electron chi connectivity index (χ4n) is 3.63. The first-order valence-corrected chi connectivity index (χ1v) is 10.5. The fraction of sp³-hybridized carbons (Fsp3) is 0.647. The van der Waals surface area contributed by atoms with Crippen molar-refractivity contribution >= 4 is 21.9 Å². The van der Waals surface area contributed by atoms with Crippen LogP contribution in [0.1, 0.15) is 55.5 Å². The van der Waals surface area contributed by atoms with Gasteiger partial charge in [-0.1, -0.05) is 19.3 Å². The summed E-state index contributed by atoms with van der Waals surface area (Å²) >= 11 is 0. The smallest absolute Gasteiger partial charge is 0.371 e. The van der Waals surface area contributed by atoms with Gasteiger partial charge in [0.05, 0.1) is 0 Å². The van der Waals surface area contributed by atoms with E-state index >= 15 is 0 Å². The van der Waals surface area contributed by atoms with Crippen molar-refractivity contribution in [1.82, 2.24) is 9.62 Å². The number of rotatable bonds is 5. The molecule has 1 saturated heterocycles. The van der Waals surface area contributed by atoms with Crippen LogP contribution in [0.3, 0.4) is 0 Å². The zero-order chi connectivity index (χ0) is 18.7. The van der Waals surface area contributed by atoms with Crippen LogP contribution >= 0.6 is 0 Å². The van der Waals surface area contributed by atoms with Crippen LogP contribution in [0.2, 0.25) is 0 Å². The van der Waals surface area contributed by atoms with Gasteiger partial charge in [0, 0.05) is 25.0 Å². The number of hydrogen-bond acceptors (Lipinski definition) is 5. The summed E-state index contributed by atoms with van der Waals surface area (Å²) in [5.41, 5.74) is 0. The number of sulfonamides is 1. The molecule has 1 aliphatic carbocycles. The van der Waals surface area contributed by atoms with Gasteiger partial charge >= 0.3 is 5.97 Å². The van der Waals surface area contributed by atoms with E-state index in [4.69, 9.17) is 9.52 Å². The summed E-state index contributed by atoms with van der Waals surface area (Å²) in [6, 6.07) is 2.52. The number of aromatic carboxylic acids is 1. The van der Waals surface area contributed by atoms with E-state index in [-0.39, 0.29) is 36.0 Å². The van der Waals surface area contributed by atoms with E-state index in [0.29, 0.717) is 12.8 Å². The molecular formula is C17H24N2O6S. The maximum Gasteiger partial charge on any atom is 0.371 e. The molecule has 0 bridgehead atoms. The van der Waals surface area contributed by atoms with Gasteiger partial charge in [-0.25, -0.2) is 13.2 Å². The van der Waals surface area contributed by atoms with E-state index < -0.39 is 21.8 Å². The predicted molar refractivity (Wildman–Crippen MR) is 92.2 cm³/mol. The standard InChI is InChI=1S/C17H24N2O6S/c20-16(18-13-4-2-1-3-5-13)12-8-10-19(11-9-12)26(23,24)15-7-6-14(25-15)17(21)22/h6-7,12-13H,1-5,8-11H2,(H,18,20)(H,21,22). The van der Waals surface area contributed by atoms with E-state index in [1.165, 1.54) is 10.7 Å². The average Bonchev–Trinajstić information content (AvgIpc) is 3.14. The number of carboxylic acid groups (broad SMARTS) is 1. The molecule has 1 aromatic heterocycles. The van der Waals surface area contributed by atoms with Gasteiger partial charge in [-0.15, -0.1) is 0 Å². The van der Waals surface area contributed by atoms with Crippen LogP contribution in [-0.4, -0.2) is 48.8 Å². The summed E-state index contributed by atoms with van der Waals surface area (Å²) in [6.07, 6.45) is 6.44. The first-order valence-electron chi connectivity index (χ1n) is 9.01. The molecule has 0 radical (unpaired) electrons. The Kier molecular flexibility index (Phi) is 5.67. The molecule has 0 spiro atoms. The molecule has 3 rings (SSSR count). The molecule has 2 fully saturated rings. The molecule has 1 amide bonds. The van der Waals surface area contributed by atoms with E-state index in [2.05, 4.69) is 5.32 Å². The van der Waals surface area contributed by atoms with Gasteiger partial charge in [-0.2, -0.15) is 4.31 Å². The summed E-state index contributed by atoms with van der Waals surface area (Å²) in [5, 5.41) is 11.6. The molecule has 2 aliphatic rings. The largest absolute Gasteiger partial charge is 0.475 e. The summed E-state index contributed by atoms with van der Waals surface area (Å²) in [4.78, 5) is 23.3. The van der Waals surface area contributed by atoms with Gasteiger partial charge in [-0.3, -0.25) is 4.79 Å². The second-order valence-corrected chi connectivity index (χ2v) is 8.81. The number of amides is 1. The molecule has 1 saturated carbocycles. The van der Waals surface area contributed by atoms with Crippen LogP contribution in [0.4, 0.5) is 0 Å². The summed E-state index contributed by atoms with van der Waals surface area (Å²) in [5.74, 6) is -1.90. The molecule has 0 aromatic carbocycles. The number of nitrogens with zero attached hydrogens (tertiary/aromatic N) is 1. The molecule has 8 nitrogen and oxygen atoms in total. The molecule has 0 unspecified atom stereocenters. The van der Waals surface area contributed by atoms with Crippen molar-refractivity contribution in [2.45, 2.75) is 56.1 Å². The number of piperidine rings is 1. The highest BCUT2D eigenvalue weighted by molar-refractivity contribution is 7.89. The third-order valence-corrected chi connectivity index (χ3v) is 6.94. The number of carbonyl (C=O) groups is 2. The summed E-state index contributed by atoms with van der Waals surface area (Å²) in [6.45, 7) is 0.433. The molecule has 1 aliphatic heterocycles. The Labute approximate surface area is 152 Å². The minimum atomic E-state index is -3.88. The van der Waals surface area contributed by atoms with E-state index in [1.54, 1.807) is 0 Å². The number of carboxylic acids is 1. The Morgan fingerprint density at radius 3 is 2.31 bits per heavy atom. The van der Waals surface area contributed by atoms with Gasteiger partial charge in [-0.05, 0) is 37.8 Å². The molecule has 26 heavy (non-hydrogen) atoms. The monoisotopic (exact) mass is 384 g/mol. The van der Waals surface area contributed by atoms with Gasteiger partial charge in [0.2, 0.25) is 16.8 Å². The van der Waals surface area contributed by atoms with E-state index in [9.17, 15) is 18.0 Å². The van der Waals surface area contributed by atoms with Crippen LogP contribution in [0.5, 0.6) is 0 Å². The van der Waals surface area contributed by atoms with Crippen LogP contribution in [0, 0.1) is 5.92 Å². The molecule has 9 heteroatoms. The van der Waals surface area contributed by atoms with Crippen molar-refractivity contribution in [2.75, 3.05) is 13.1 Å². The van der Waals surface area contributed by atoms with Gasteiger partial charge in [0.25, 0.3) is 10.0 Å². The number of nitrogens with one attached hydrogen (secondary N) is 1. The third kappa shape index (κ3) is 4.09. The lowest BCUT2D eigenvalue weighted by Crippen LogP contribution is -2.45. The number of carbonyl (C=O) groups excluding carboxylic acids is 1. The quantitative estimate of drug-likeness (QED) is 0.800. The zero-order valence-corrected chi connectivity index (χ0v) is 15.3. The molecule has 144 valence electrons. The normalized spacial score (nSPS) is 20.8. The van der Waals surface area contributed by atoms with E-state index in [1.807, 2.05) is 0 Å². The SMILES string of the molecule is O=C(O)c1ccc(S(=O)(=O)N2CCC(C(=O)NC3CCCCC3)CC2)o1. The Morgan fingerprint density at radius 1 is 1.08 bits per heavy atom.